The molecule has 1 aliphatic carbocycles. The topological polar surface area (TPSA) is 48.1 Å². The Kier molecular flexibility index (Phi) is 3.72. The third-order valence-electron chi connectivity index (χ3n) is 4.96. The summed E-state index contributed by atoms with van der Waals surface area (Å²) in [7, 11) is 1.97. The van der Waals surface area contributed by atoms with Crippen LogP contribution < -0.4 is 0 Å². The monoisotopic (exact) mass is 301 g/mol. The second kappa shape index (κ2) is 5.85. The molecule has 3 atom stereocenters. The van der Waals surface area contributed by atoms with Gasteiger partial charge in [0.15, 0.2) is 0 Å². The van der Waals surface area contributed by atoms with Gasteiger partial charge in [0, 0.05) is 62.8 Å². The van der Waals surface area contributed by atoms with E-state index >= 15 is 0 Å². The maximum atomic E-state index is 6.13. The van der Waals surface area contributed by atoms with E-state index in [0.29, 0.717) is 18.1 Å². The molecule has 3 heterocycles. The number of nitrogens with zero attached hydrogens (tertiary/aromatic N) is 5. The first kappa shape index (κ1) is 14.0. The van der Waals surface area contributed by atoms with Gasteiger partial charge < -0.3 is 4.74 Å². The van der Waals surface area contributed by atoms with E-state index in [1.54, 1.807) is 0 Å². The molecule has 2 fully saturated rings. The first-order valence-electron chi connectivity index (χ1n) is 8.10. The Morgan fingerprint density at radius 1 is 1.32 bits per heavy atom. The zero-order valence-corrected chi connectivity index (χ0v) is 13.0. The Morgan fingerprint density at radius 2 is 2.27 bits per heavy atom. The van der Waals surface area contributed by atoms with E-state index in [2.05, 4.69) is 21.3 Å². The Hall–Kier alpha value is -1.66. The van der Waals surface area contributed by atoms with Crippen molar-refractivity contribution in [2.75, 3.05) is 13.2 Å². The second-order valence-corrected chi connectivity index (χ2v) is 6.46. The molecule has 1 aliphatic heterocycles. The van der Waals surface area contributed by atoms with Gasteiger partial charge >= 0.3 is 0 Å². The van der Waals surface area contributed by atoms with Crippen molar-refractivity contribution in [3.8, 4) is 0 Å². The molecule has 0 spiro atoms. The highest BCUT2D eigenvalue weighted by atomic mass is 16.5. The fraction of sp³-hybridized carbons (Fsp3) is 0.625. The van der Waals surface area contributed by atoms with Gasteiger partial charge in [-0.1, -0.05) is 0 Å². The van der Waals surface area contributed by atoms with Crippen LogP contribution in [0.15, 0.2) is 30.9 Å². The van der Waals surface area contributed by atoms with Gasteiger partial charge in [-0.3, -0.25) is 14.3 Å². The number of ether oxygens (including phenoxy) is 1. The van der Waals surface area contributed by atoms with Crippen molar-refractivity contribution in [1.29, 1.82) is 0 Å². The standard InChI is InChI=1S/C16H23N5O/c1-19-10-13(9-18-19)11-20-7-8-22-16-14(3-4-15(16)20)12-21-6-2-5-17-21/h2,5-6,9-10,14-16H,3-4,7-8,11-12H2,1H3/t14-,15-,16-/m0/s1. The van der Waals surface area contributed by atoms with E-state index in [-0.39, 0.29) is 0 Å². The fourth-order valence-electron chi connectivity index (χ4n) is 3.97. The molecule has 2 aliphatic rings. The summed E-state index contributed by atoms with van der Waals surface area (Å²) < 4.78 is 10.0. The van der Waals surface area contributed by atoms with Gasteiger partial charge in [-0.05, 0) is 18.9 Å². The van der Waals surface area contributed by atoms with Gasteiger partial charge in [0.1, 0.15) is 0 Å². The number of rotatable bonds is 4. The van der Waals surface area contributed by atoms with Crippen molar-refractivity contribution >= 4 is 0 Å². The summed E-state index contributed by atoms with van der Waals surface area (Å²) in [4.78, 5) is 2.58. The van der Waals surface area contributed by atoms with Crippen LogP contribution in [0.4, 0.5) is 0 Å². The summed E-state index contributed by atoms with van der Waals surface area (Å²) in [5.74, 6) is 0.571. The zero-order valence-electron chi connectivity index (χ0n) is 13.0. The van der Waals surface area contributed by atoms with Crippen molar-refractivity contribution in [1.82, 2.24) is 24.5 Å². The van der Waals surface area contributed by atoms with E-state index in [9.17, 15) is 0 Å². The fourth-order valence-corrected chi connectivity index (χ4v) is 3.97. The predicted molar refractivity (Wildman–Crippen MR) is 82.1 cm³/mol. The molecular formula is C16H23N5O. The number of fused-ring (bicyclic) bond motifs is 1. The first-order valence-corrected chi connectivity index (χ1v) is 8.10. The molecule has 0 radical (unpaired) electrons. The number of aromatic nitrogens is 4. The van der Waals surface area contributed by atoms with Gasteiger partial charge in [-0.15, -0.1) is 0 Å². The van der Waals surface area contributed by atoms with Gasteiger partial charge in [0.2, 0.25) is 0 Å². The smallest absolute Gasteiger partial charge is 0.0776 e. The number of hydrogen-bond acceptors (Lipinski definition) is 4. The highest BCUT2D eigenvalue weighted by Gasteiger charge is 2.42. The summed E-state index contributed by atoms with van der Waals surface area (Å²) in [5, 5.41) is 8.62. The van der Waals surface area contributed by atoms with Crippen molar-refractivity contribution in [2.45, 2.75) is 38.1 Å². The van der Waals surface area contributed by atoms with E-state index in [4.69, 9.17) is 4.74 Å². The molecule has 1 saturated carbocycles. The maximum absolute atomic E-state index is 6.13. The van der Waals surface area contributed by atoms with Crippen LogP contribution in [0.2, 0.25) is 0 Å². The molecule has 2 aromatic heterocycles. The summed E-state index contributed by atoms with van der Waals surface area (Å²) in [6.07, 6.45) is 10.8. The molecule has 0 bridgehead atoms. The van der Waals surface area contributed by atoms with Gasteiger partial charge in [0.25, 0.3) is 0 Å². The van der Waals surface area contributed by atoms with Crippen molar-refractivity contribution < 1.29 is 4.74 Å². The molecule has 118 valence electrons. The lowest BCUT2D eigenvalue weighted by Gasteiger charge is -2.39. The largest absolute Gasteiger partial charge is 0.375 e. The van der Waals surface area contributed by atoms with Crippen LogP contribution in [0.1, 0.15) is 18.4 Å². The lowest BCUT2D eigenvalue weighted by molar-refractivity contribution is -0.0789. The third kappa shape index (κ3) is 2.68. The molecule has 2 aromatic rings. The van der Waals surface area contributed by atoms with Crippen LogP contribution in [0.25, 0.3) is 0 Å². The average molecular weight is 301 g/mol. The van der Waals surface area contributed by atoms with E-state index in [1.165, 1.54) is 18.4 Å². The van der Waals surface area contributed by atoms with E-state index in [0.717, 1.165) is 26.2 Å². The summed E-state index contributed by atoms with van der Waals surface area (Å²) in [6, 6.07) is 2.53. The number of aryl methyl sites for hydroxylation is 1. The van der Waals surface area contributed by atoms with Crippen LogP contribution in [-0.2, 0) is 24.9 Å². The minimum atomic E-state index is 0.342. The molecule has 22 heavy (non-hydrogen) atoms. The SMILES string of the molecule is Cn1cc(CN2CCO[C@H]3[C@H](Cn4cccn4)CC[C@@H]32)cn1. The highest BCUT2D eigenvalue weighted by Crippen LogP contribution is 2.36. The van der Waals surface area contributed by atoms with Gasteiger partial charge in [0.05, 0.1) is 18.9 Å². The van der Waals surface area contributed by atoms with Crippen LogP contribution in [-0.4, -0.2) is 49.8 Å². The molecule has 0 aromatic carbocycles. The van der Waals surface area contributed by atoms with Crippen LogP contribution in [0.5, 0.6) is 0 Å². The summed E-state index contributed by atoms with van der Waals surface area (Å²) in [5.41, 5.74) is 1.29. The molecule has 0 N–H and O–H groups in total. The summed E-state index contributed by atoms with van der Waals surface area (Å²) >= 11 is 0. The Labute approximate surface area is 130 Å². The second-order valence-electron chi connectivity index (χ2n) is 6.46. The molecule has 6 heteroatoms. The van der Waals surface area contributed by atoms with E-state index in [1.807, 2.05) is 41.1 Å². The molecule has 0 amide bonds. The predicted octanol–water partition coefficient (Wildman–Crippen LogP) is 1.30. The average Bonchev–Trinajstić information content (AvgIpc) is 3.23. The zero-order chi connectivity index (χ0) is 14.9. The first-order chi connectivity index (χ1) is 10.8. The van der Waals surface area contributed by atoms with Crippen molar-refractivity contribution in [3.05, 3.63) is 36.4 Å². The van der Waals surface area contributed by atoms with Crippen molar-refractivity contribution in [3.63, 3.8) is 0 Å². The maximum Gasteiger partial charge on any atom is 0.0776 e. The Morgan fingerprint density at radius 3 is 3.05 bits per heavy atom. The van der Waals surface area contributed by atoms with E-state index < -0.39 is 0 Å². The molecule has 0 unspecified atom stereocenters. The van der Waals surface area contributed by atoms with Gasteiger partial charge in [-0.2, -0.15) is 10.2 Å². The van der Waals surface area contributed by atoms with Gasteiger partial charge in [-0.25, -0.2) is 0 Å². The molecule has 4 rings (SSSR count). The van der Waals surface area contributed by atoms with Crippen LogP contribution in [0.3, 0.4) is 0 Å². The highest BCUT2D eigenvalue weighted by molar-refractivity contribution is 5.05. The Balaban J connectivity index is 1.44. The summed E-state index contributed by atoms with van der Waals surface area (Å²) in [6.45, 7) is 3.79. The molecular weight excluding hydrogens is 278 g/mol. The quantitative estimate of drug-likeness (QED) is 0.854. The lowest BCUT2D eigenvalue weighted by Crippen LogP contribution is -2.50. The minimum Gasteiger partial charge on any atom is -0.375 e. The molecule has 1 saturated heterocycles. The molecule has 6 nitrogen and oxygen atoms in total. The van der Waals surface area contributed by atoms with Crippen LogP contribution >= 0.6 is 0 Å². The lowest BCUT2D eigenvalue weighted by atomic mass is 10.0. The third-order valence-corrected chi connectivity index (χ3v) is 4.96. The van der Waals surface area contributed by atoms with Crippen LogP contribution in [0, 0.1) is 5.92 Å². The van der Waals surface area contributed by atoms with Crippen molar-refractivity contribution in [2.24, 2.45) is 13.0 Å². The Bertz CT molecular complexity index is 608. The normalized spacial score (nSPS) is 28.9. The number of morpholine rings is 1. The minimum absolute atomic E-state index is 0.342. The number of hydrogen-bond donors (Lipinski definition) is 0.